The number of nitrogens with two attached hydrogens (primary N) is 3. The second kappa shape index (κ2) is 14.2. The van der Waals surface area contributed by atoms with Crippen LogP contribution in [0.15, 0.2) is 4.99 Å². The number of hydrogen-bond acceptors (Lipinski definition) is 8. The van der Waals surface area contributed by atoms with Gasteiger partial charge in [0.05, 0.1) is 18.9 Å². The molecule has 3 amide bonds. The maximum absolute atomic E-state index is 12.7. The molecule has 0 rings (SSSR count). The average Bonchev–Trinajstić information content (AvgIpc) is 2.67. The van der Waals surface area contributed by atoms with E-state index in [1.54, 1.807) is 0 Å². The number of nitrogens with one attached hydrogen (secondary N) is 3. The Labute approximate surface area is 187 Å². The molecule has 0 fully saturated rings. The quantitative estimate of drug-likeness (QED) is 0.0620. The topological polar surface area (TPSA) is 290 Å². The monoisotopic (exact) mass is 475 g/mol. The molecule has 4 atom stereocenters. The van der Waals surface area contributed by atoms with Crippen LogP contribution in [0.4, 0.5) is 0 Å². The number of rotatable bonds is 15. The summed E-state index contributed by atoms with van der Waals surface area (Å²) >= 11 is 0. The Balaban J connectivity index is 5.51. The molecule has 0 spiro atoms. The van der Waals surface area contributed by atoms with Crippen LogP contribution in [0.25, 0.3) is 0 Å². The SMILES string of the molecule is CC(N)C(=O)NC(CCCN=C(N)N)C(=O)NC(CC(=O)O)C(=O)NC(CC(=O)O)C(=O)O. The van der Waals surface area contributed by atoms with Crippen molar-refractivity contribution in [1.82, 2.24) is 16.0 Å². The van der Waals surface area contributed by atoms with Gasteiger partial charge in [-0.3, -0.25) is 29.0 Å². The van der Waals surface area contributed by atoms with E-state index in [1.807, 2.05) is 5.32 Å². The normalized spacial score (nSPS) is 14.0. The standard InChI is InChI=1S/C17H29N7O9/c1-7(18)13(29)22-8(3-2-4-21-17(19)20)14(30)23-9(5-11(25)26)15(31)24-10(16(32)33)6-12(27)28/h7-10H,2-6,18H2,1H3,(H,22,29)(H,23,30)(H,24,31)(H,25,26)(H,27,28)(H,32,33)(H4,19,20,21). The molecule has 0 aromatic carbocycles. The Morgan fingerprint density at radius 2 is 1.24 bits per heavy atom. The molecule has 33 heavy (non-hydrogen) atoms. The van der Waals surface area contributed by atoms with E-state index >= 15 is 0 Å². The Morgan fingerprint density at radius 1 is 0.788 bits per heavy atom. The van der Waals surface area contributed by atoms with Crippen LogP contribution in [0.3, 0.4) is 0 Å². The number of nitrogens with zero attached hydrogens (tertiary/aromatic N) is 1. The first-order valence-electron chi connectivity index (χ1n) is 9.63. The Bertz CT molecular complexity index is 781. The molecule has 0 aromatic rings. The molecule has 0 heterocycles. The van der Waals surface area contributed by atoms with Crippen LogP contribution in [0, 0.1) is 0 Å². The molecule has 0 aliphatic carbocycles. The van der Waals surface area contributed by atoms with E-state index in [0.717, 1.165) is 0 Å². The molecule has 0 aliphatic rings. The van der Waals surface area contributed by atoms with E-state index in [1.165, 1.54) is 6.92 Å². The summed E-state index contributed by atoms with van der Waals surface area (Å²) in [4.78, 5) is 73.8. The summed E-state index contributed by atoms with van der Waals surface area (Å²) in [7, 11) is 0. The van der Waals surface area contributed by atoms with Crippen molar-refractivity contribution >= 4 is 41.6 Å². The average molecular weight is 475 g/mol. The van der Waals surface area contributed by atoms with Crippen molar-refractivity contribution in [3.63, 3.8) is 0 Å². The van der Waals surface area contributed by atoms with Crippen molar-refractivity contribution in [2.24, 2.45) is 22.2 Å². The summed E-state index contributed by atoms with van der Waals surface area (Å²) in [6, 6.07) is -5.87. The molecule has 12 N–H and O–H groups in total. The van der Waals surface area contributed by atoms with Gasteiger partial charge in [-0.05, 0) is 19.8 Å². The van der Waals surface area contributed by atoms with E-state index in [2.05, 4.69) is 15.6 Å². The lowest BCUT2D eigenvalue weighted by atomic mass is 10.1. The zero-order valence-electron chi connectivity index (χ0n) is 17.8. The van der Waals surface area contributed by atoms with E-state index < -0.39 is 72.6 Å². The number of hydrogen-bond donors (Lipinski definition) is 9. The van der Waals surface area contributed by atoms with Gasteiger partial charge in [-0.1, -0.05) is 0 Å². The van der Waals surface area contributed by atoms with Crippen molar-refractivity contribution in [1.29, 1.82) is 0 Å². The van der Waals surface area contributed by atoms with Gasteiger partial charge in [-0.25, -0.2) is 4.79 Å². The maximum Gasteiger partial charge on any atom is 0.326 e. The summed E-state index contributed by atoms with van der Waals surface area (Å²) in [6.07, 6.45) is -1.73. The fraction of sp³-hybridized carbons (Fsp3) is 0.588. The van der Waals surface area contributed by atoms with Gasteiger partial charge < -0.3 is 48.5 Å². The van der Waals surface area contributed by atoms with Gasteiger partial charge >= 0.3 is 17.9 Å². The lowest BCUT2D eigenvalue weighted by Gasteiger charge is -2.24. The smallest absolute Gasteiger partial charge is 0.326 e. The van der Waals surface area contributed by atoms with E-state index in [9.17, 15) is 28.8 Å². The summed E-state index contributed by atoms with van der Waals surface area (Å²) < 4.78 is 0. The molecule has 186 valence electrons. The van der Waals surface area contributed by atoms with Crippen LogP contribution in [0.1, 0.15) is 32.6 Å². The molecule has 16 nitrogen and oxygen atoms in total. The lowest BCUT2D eigenvalue weighted by Crippen LogP contribution is -2.57. The van der Waals surface area contributed by atoms with Gasteiger partial charge in [0, 0.05) is 6.54 Å². The van der Waals surface area contributed by atoms with Crippen molar-refractivity contribution in [2.75, 3.05) is 6.54 Å². The summed E-state index contributed by atoms with van der Waals surface area (Å²) in [5.74, 6) is -7.80. The molecule has 16 heteroatoms. The summed E-state index contributed by atoms with van der Waals surface area (Å²) in [5.41, 5.74) is 15.9. The second-order valence-electron chi connectivity index (χ2n) is 6.95. The van der Waals surface area contributed by atoms with Crippen LogP contribution in [-0.2, 0) is 28.8 Å². The fourth-order valence-electron chi connectivity index (χ4n) is 2.38. The van der Waals surface area contributed by atoms with Crippen LogP contribution in [0.2, 0.25) is 0 Å². The molecule has 0 bridgehead atoms. The molecule has 4 unspecified atom stereocenters. The van der Waals surface area contributed by atoms with Gasteiger partial charge in [-0.2, -0.15) is 0 Å². The fourth-order valence-corrected chi connectivity index (χ4v) is 2.38. The number of carbonyl (C=O) groups is 6. The zero-order valence-corrected chi connectivity index (χ0v) is 17.8. The first-order chi connectivity index (χ1) is 15.2. The number of carboxylic acids is 3. The van der Waals surface area contributed by atoms with Crippen LogP contribution in [0.5, 0.6) is 0 Å². The minimum atomic E-state index is -1.86. The minimum Gasteiger partial charge on any atom is -0.481 e. The van der Waals surface area contributed by atoms with Crippen LogP contribution >= 0.6 is 0 Å². The predicted octanol–water partition coefficient (Wildman–Crippen LogP) is -4.12. The Hall–Kier alpha value is -3.95. The van der Waals surface area contributed by atoms with Crippen LogP contribution in [-0.4, -0.2) is 87.6 Å². The van der Waals surface area contributed by atoms with Crippen molar-refractivity contribution in [2.45, 2.75) is 56.8 Å². The minimum absolute atomic E-state index is 0.0146. The number of amides is 3. The number of aliphatic imine (C=N–C) groups is 1. The first-order valence-corrected chi connectivity index (χ1v) is 9.63. The number of guanidine groups is 1. The summed E-state index contributed by atoms with van der Waals surface area (Å²) in [5, 5.41) is 33.2. The third kappa shape index (κ3) is 12.5. The number of aliphatic carboxylic acids is 3. The van der Waals surface area contributed by atoms with E-state index in [4.69, 9.17) is 32.5 Å². The second-order valence-corrected chi connectivity index (χ2v) is 6.95. The van der Waals surface area contributed by atoms with E-state index in [-0.39, 0.29) is 25.3 Å². The molecule has 0 aromatic heterocycles. The van der Waals surface area contributed by atoms with Gasteiger partial charge in [0.2, 0.25) is 17.7 Å². The number of carboxylic acid groups (broad SMARTS) is 3. The highest BCUT2D eigenvalue weighted by Gasteiger charge is 2.32. The third-order valence-electron chi connectivity index (χ3n) is 4.00. The molecule has 0 radical (unpaired) electrons. The molecular weight excluding hydrogens is 446 g/mol. The Morgan fingerprint density at radius 3 is 1.70 bits per heavy atom. The molecule has 0 saturated carbocycles. The van der Waals surface area contributed by atoms with Crippen molar-refractivity contribution < 1.29 is 44.1 Å². The third-order valence-corrected chi connectivity index (χ3v) is 4.00. The highest BCUT2D eigenvalue weighted by Crippen LogP contribution is 2.03. The largest absolute Gasteiger partial charge is 0.481 e. The maximum atomic E-state index is 12.7. The highest BCUT2D eigenvalue weighted by molar-refractivity contribution is 5.96. The highest BCUT2D eigenvalue weighted by atomic mass is 16.4. The molecular formula is C17H29N7O9. The Kier molecular flexibility index (Phi) is 12.5. The van der Waals surface area contributed by atoms with E-state index in [0.29, 0.717) is 0 Å². The lowest BCUT2D eigenvalue weighted by molar-refractivity contribution is -0.148. The van der Waals surface area contributed by atoms with Crippen LogP contribution < -0.4 is 33.2 Å². The van der Waals surface area contributed by atoms with Gasteiger partial charge in [-0.15, -0.1) is 0 Å². The van der Waals surface area contributed by atoms with Gasteiger partial charge in [0.15, 0.2) is 5.96 Å². The predicted molar refractivity (Wildman–Crippen MR) is 111 cm³/mol. The zero-order chi connectivity index (χ0) is 25.7. The molecule has 0 saturated heterocycles. The van der Waals surface area contributed by atoms with Gasteiger partial charge in [0.1, 0.15) is 18.1 Å². The van der Waals surface area contributed by atoms with Gasteiger partial charge in [0.25, 0.3) is 0 Å². The van der Waals surface area contributed by atoms with Crippen molar-refractivity contribution in [3.8, 4) is 0 Å². The molecule has 0 aliphatic heterocycles. The van der Waals surface area contributed by atoms with Crippen molar-refractivity contribution in [3.05, 3.63) is 0 Å². The summed E-state index contributed by atoms with van der Waals surface area (Å²) in [6.45, 7) is 1.47. The number of carbonyl (C=O) groups excluding carboxylic acids is 3. The first kappa shape index (κ1) is 29.0.